The molecule has 1 N–H and O–H groups in total. The van der Waals surface area contributed by atoms with Crippen LogP contribution in [0.3, 0.4) is 0 Å². The maximum atomic E-state index is 12.0. The van der Waals surface area contributed by atoms with Crippen LogP contribution in [-0.2, 0) is 11.2 Å². The van der Waals surface area contributed by atoms with Gasteiger partial charge in [0.15, 0.2) is 0 Å². The van der Waals surface area contributed by atoms with Gasteiger partial charge in [-0.15, -0.1) is 0 Å². The lowest BCUT2D eigenvalue weighted by Crippen LogP contribution is -2.38. The van der Waals surface area contributed by atoms with Crippen LogP contribution in [0.2, 0.25) is 0 Å². The van der Waals surface area contributed by atoms with Gasteiger partial charge in [-0.25, -0.2) is 9.78 Å². The Balaban J connectivity index is 2.13. The molecule has 1 aromatic carbocycles. The Hall–Kier alpha value is -2.40. The van der Waals surface area contributed by atoms with Gasteiger partial charge >= 0.3 is 5.97 Å². The first kappa shape index (κ1) is 16.5. The molecule has 126 valence electrons. The zero-order valence-corrected chi connectivity index (χ0v) is 14.1. The van der Waals surface area contributed by atoms with E-state index in [0.29, 0.717) is 32.1 Å². The number of benzene rings is 1. The summed E-state index contributed by atoms with van der Waals surface area (Å²) >= 11 is 0. The van der Waals surface area contributed by atoms with Gasteiger partial charge in [0.25, 0.3) is 0 Å². The fourth-order valence-corrected chi connectivity index (χ4v) is 3.02. The Morgan fingerprint density at radius 2 is 1.92 bits per heavy atom. The third-order valence-corrected chi connectivity index (χ3v) is 4.33. The average Bonchev–Trinajstić information content (AvgIpc) is 2.61. The van der Waals surface area contributed by atoms with Crippen molar-refractivity contribution in [1.82, 2.24) is 4.98 Å². The summed E-state index contributed by atoms with van der Waals surface area (Å²) in [5.41, 5.74) is 3.95. The van der Waals surface area contributed by atoms with Gasteiger partial charge in [0.05, 0.1) is 13.2 Å². The molecular weight excluding hydrogens is 304 g/mol. The molecule has 0 aliphatic carbocycles. The van der Waals surface area contributed by atoms with Gasteiger partial charge in [0, 0.05) is 24.3 Å². The molecular formula is C19H22N2O3. The Bertz CT molecular complexity index is 735. The second kappa shape index (κ2) is 7.01. The van der Waals surface area contributed by atoms with Crippen LogP contribution in [0.4, 0.5) is 5.82 Å². The van der Waals surface area contributed by atoms with Crippen molar-refractivity contribution in [1.29, 1.82) is 0 Å². The van der Waals surface area contributed by atoms with Gasteiger partial charge in [0.2, 0.25) is 0 Å². The van der Waals surface area contributed by atoms with Crippen molar-refractivity contribution in [2.24, 2.45) is 0 Å². The fourth-order valence-electron chi connectivity index (χ4n) is 3.02. The molecule has 0 bridgehead atoms. The standard InChI is InChI=1S/C19H22N2O3/c1-3-14-4-6-15(7-5-14)16-12-13(2)20-18(17(16)19(22)23)21-8-10-24-11-9-21/h4-7,12H,3,8-11H2,1-2H3,(H,22,23). The summed E-state index contributed by atoms with van der Waals surface area (Å²) in [5.74, 6) is -0.404. The zero-order chi connectivity index (χ0) is 17.1. The van der Waals surface area contributed by atoms with Crippen molar-refractivity contribution >= 4 is 11.8 Å². The molecule has 2 heterocycles. The normalized spacial score (nSPS) is 14.7. The molecule has 5 heteroatoms. The maximum absolute atomic E-state index is 12.0. The lowest BCUT2D eigenvalue weighted by Gasteiger charge is -2.29. The number of anilines is 1. The molecule has 0 spiro atoms. The van der Waals surface area contributed by atoms with E-state index in [1.165, 1.54) is 5.56 Å². The largest absolute Gasteiger partial charge is 0.478 e. The van der Waals surface area contributed by atoms with Crippen LogP contribution in [0.15, 0.2) is 30.3 Å². The van der Waals surface area contributed by atoms with Crippen LogP contribution in [0.25, 0.3) is 11.1 Å². The van der Waals surface area contributed by atoms with Gasteiger partial charge in [-0.1, -0.05) is 31.2 Å². The summed E-state index contributed by atoms with van der Waals surface area (Å²) in [6.07, 6.45) is 0.959. The summed E-state index contributed by atoms with van der Waals surface area (Å²) in [4.78, 5) is 18.5. The highest BCUT2D eigenvalue weighted by molar-refractivity contribution is 6.01. The van der Waals surface area contributed by atoms with Gasteiger partial charge < -0.3 is 14.7 Å². The predicted molar refractivity (Wildman–Crippen MR) is 93.8 cm³/mol. The average molecular weight is 326 g/mol. The third kappa shape index (κ3) is 3.26. The first-order valence-electron chi connectivity index (χ1n) is 8.27. The second-order valence-corrected chi connectivity index (χ2v) is 5.96. The Morgan fingerprint density at radius 1 is 1.25 bits per heavy atom. The first-order chi connectivity index (χ1) is 11.6. The number of carboxylic acid groups (broad SMARTS) is 1. The van der Waals surface area contributed by atoms with Crippen LogP contribution < -0.4 is 4.90 Å². The van der Waals surface area contributed by atoms with Crippen molar-refractivity contribution in [3.05, 3.63) is 47.2 Å². The number of hydrogen-bond donors (Lipinski definition) is 1. The van der Waals surface area contributed by atoms with E-state index in [4.69, 9.17) is 4.74 Å². The number of hydrogen-bond acceptors (Lipinski definition) is 4. The molecule has 1 saturated heterocycles. The van der Waals surface area contributed by atoms with Crippen LogP contribution in [0.1, 0.15) is 28.5 Å². The SMILES string of the molecule is CCc1ccc(-c2cc(C)nc(N3CCOCC3)c2C(=O)O)cc1. The van der Waals surface area contributed by atoms with Crippen LogP contribution >= 0.6 is 0 Å². The number of aromatic carboxylic acids is 1. The van der Waals surface area contributed by atoms with Crippen molar-refractivity contribution < 1.29 is 14.6 Å². The van der Waals surface area contributed by atoms with Crippen LogP contribution in [-0.4, -0.2) is 42.4 Å². The zero-order valence-electron chi connectivity index (χ0n) is 14.1. The maximum Gasteiger partial charge on any atom is 0.340 e. The van der Waals surface area contributed by atoms with Crippen molar-refractivity contribution in [2.45, 2.75) is 20.3 Å². The van der Waals surface area contributed by atoms with Gasteiger partial charge in [-0.3, -0.25) is 0 Å². The molecule has 1 aromatic heterocycles. The Labute approximate surface area is 141 Å². The lowest BCUT2D eigenvalue weighted by atomic mass is 9.97. The number of aryl methyl sites for hydroxylation is 2. The Kier molecular flexibility index (Phi) is 4.81. The lowest BCUT2D eigenvalue weighted by molar-refractivity contribution is 0.0696. The summed E-state index contributed by atoms with van der Waals surface area (Å²) in [6, 6.07) is 9.93. The highest BCUT2D eigenvalue weighted by atomic mass is 16.5. The molecule has 1 aliphatic rings. The van der Waals surface area contributed by atoms with E-state index in [2.05, 4.69) is 11.9 Å². The van der Waals surface area contributed by atoms with Crippen molar-refractivity contribution in [2.75, 3.05) is 31.2 Å². The fraction of sp³-hybridized carbons (Fsp3) is 0.368. The van der Waals surface area contributed by atoms with Crippen LogP contribution in [0, 0.1) is 6.92 Å². The van der Waals surface area contributed by atoms with E-state index >= 15 is 0 Å². The Morgan fingerprint density at radius 3 is 2.50 bits per heavy atom. The van der Waals surface area contributed by atoms with E-state index in [9.17, 15) is 9.90 Å². The number of ether oxygens (including phenoxy) is 1. The number of morpholine rings is 1. The summed E-state index contributed by atoms with van der Waals surface area (Å²) in [6.45, 7) is 6.50. The van der Waals surface area contributed by atoms with Crippen LogP contribution in [0.5, 0.6) is 0 Å². The third-order valence-electron chi connectivity index (χ3n) is 4.33. The molecule has 3 rings (SSSR count). The molecule has 2 aromatic rings. The topological polar surface area (TPSA) is 62.7 Å². The molecule has 0 unspecified atom stereocenters. The summed E-state index contributed by atoms with van der Waals surface area (Å²) < 4.78 is 5.38. The monoisotopic (exact) mass is 326 g/mol. The highest BCUT2D eigenvalue weighted by Crippen LogP contribution is 2.31. The first-order valence-corrected chi connectivity index (χ1v) is 8.27. The van der Waals surface area contributed by atoms with E-state index in [-0.39, 0.29) is 5.56 Å². The van der Waals surface area contributed by atoms with Gasteiger partial charge in [0.1, 0.15) is 11.4 Å². The van der Waals surface area contributed by atoms with E-state index < -0.39 is 5.97 Å². The molecule has 1 fully saturated rings. The highest BCUT2D eigenvalue weighted by Gasteiger charge is 2.24. The molecule has 0 amide bonds. The van der Waals surface area contributed by atoms with E-state index in [1.807, 2.05) is 42.2 Å². The quantitative estimate of drug-likeness (QED) is 0.935. The number of nitrogens with zero attached hydrogens (tertiary/aromatic N) is 2. The molecule has 0 atom stereocenters. The number of aromatic nitrogens is 1. The number of carbonyl (C=O) groups is 1. The number of pyridine rings is 1. The molecule has 0 saturated carbocycles. The smallest absolute Gasteiger partial charge is 0.340 e. The predicted octanol–water partition coefficient (Wildman–Crippen LogP) is 3.15. The van der Waals surface area contributed by atoms with E-state index in [0.717, 1.165) is 23.2 Å². The minimum atomic E-state index is -0.946. The molecule has 5 nitrogen and oxygen atoms in total. The minimum Gasteiger partial charge on any atom is -0.478 e. The molecule has 1 aliphatic heterocycles. The summed E-state index contributed by atoms with van der Waals surface area (Å²) in [7, 11) is 0. The summed E-state index contributed by atoms with van der Waals surface area (Å²) in [5, 5.41) is 9.83. The number of carboxylic acids is 1. The minimum absolute atomic E-state index is 0.270. The number of rotatable bonds is 4. The van der Waals surface area contributed by atoms with E-state index in [1.54, 1.807) is 0 Å². The van der Waals surface area contributed by atoms with Gasteiger partial charge in [-0.2, -0.15) is 0 Å². The molecule has 0 radical (unpaired) electrons. The van der Waals surface area contributed by atoms with Crippen molar-refractivity contribution in [3.63, 3.8) is 0 Å². The van der Waals surface area contributed by atoms with Gasteiger partial charge in [-0.05, 0) is 30.5 Å². The van der Waals surface area contributed by atoms with Crippen molar-refractivity contribution in [3.8, 4) is 11.1 Å². The second-order valence-electron chi connectivity index (χ2n) is 5.96. The molecule has 24 heavy (non-hydrogen) atoms.